The van der Waals surface area contributed by atoms with Crippen molar-refractivity contribution in [2.24, 2.45) is 0 Å². The van der Waals surface area contributed by atoms with E-state index >= 15 is 0 Å². The van der Waals surface area contributed by atoms with Crippen molar-refractivity contribution >= 4 is 11.3 Å². The van der Waals surface area contributed by atoms with Gasteiger partial charge in [0.1, 0.15) is 5.01 Å². The third-order valence-electron chi connectivity index (χ3n) is 2.71. The summed E-state index contributed by atoms with van der Waals surface area (Å²) in [6.45, 7) is 7.12. The Bertz CT molecular complexity index is 329. The molecule has 1 N–H and O–H groups in total. The van der Waals surface area contributed by atoms with Crippen LogP contribution in [0.25, 0.3) is 0 Å². The van der Waals surface area contributed by atoms with Crippen molar-refractivity contribution in [3.8, 4) is 0 Å². The molecule has 0 aromatic carbocycles. The molecule has 90 valence electrons. The summed E-state index contributed by atoms with van der Waals surface area (Å²) in [5.74, 6) is 0. The monoisotopic (exact) mass is 241 g/mol. The van der Waals surface area contributed by atoms with E-state index in [1.165, 1.54) is 5.69 Å². The average Bonchev–Trinajstić information content (AvgIpc) is 2.66. The molecule has 1 aromatic rings. The fraction of sp³-hybridized carbons (Fsp3) is 0.727. The number of thiazole rings is 1. The minimum absolute atomic E-state index is 0.589. The smallest absolute Gasteiger partial charge is 0.119 e. The Morgan fingerprint density at radius 1 is 1.69 bits per heavy atom. The Hall–Kier alpha value is -0.490. The first kappa shape index (κ1) is 12.0. The van der Waals surface area contributed by atoms with Gasteiger partial charge in [-0.2, -0.15) is 0 Å². The van der Waals surface area contributed by atoms with Gasteiger partial charge in [-0.1, -0.05) is 0 Å². The zero-order valence-corrected chi connectivity index (χ0v) is 10.7. The number of aromatic nitrogens is 1. The zero-order chi connectivity index (χ0) is 11.4. The molecule has 0 saturated carbocycles. The van der Waals surface area contributed by atoms with Gasteiger partial charge in [-0.3, -0.25) is 4.90 Å². The molecule has 1 aliphatic rings. The molecule has 0 spiro atoms. The molecule has 0 amide bonds. The lowest BCUT2D eigenvalue weighted by atomic mass is 10.2. The standard InChI is InChI=1S/C11H19N3OS/c1-9-5-14(4-3-12-9)6-10-8-16-11(13-10)7-15-2/h8-9,12H,3-7H2,1-2H3. The van der Waals surface area contributed by atoms with Crippen LogP contribution in [0.15, 0.2) is 5.38 Å². The average molecular weight is 241 g/mol. The first-order valence-electron chi connectivity index (χ1n) is 5.66. The second-order valence-electron chi connectivity index (χ2n) is 4.26. The summed E-state index contributed by atoms with van der Waals surface area (Å²) in [6.07, 6.45) is 0. The maximum absolute atomic E-state index is 5.07. The van der Waals surface area contributed by atoms with Gasteiger partial charge in [0, 0.05) is 44.7 Å². The van der Waals surface area contributed by atoms with Crippen LogP contribution in [0.2, 0.25) is 0 Å². The number of rotatable bonds is 4. The van der Waals surface area contributed by atoms with Crippen LogP contribution in [0.4, 0.5) is 0 Å². The molecule has 2 heterocycles. The number of ether oxygens (including phenoxy) is 1. The lowest BCUT2D eigenvalue weighted by Crippen LogP contribution is -2.48. The summed E-state index contributed by atoms with van der Waals surface area (Å²) in [7, 11) is 1.71. The molecule has 4 nitrogen and oxygen atoms in total. The van der Waals surface area contributed by atoms with Crippen LogP contribution in [-0.2, 0) is 17.9 Å². The Kier molecular flexibility index (Phi) is 4.29. The Labute approximate surface area is 101 Å². The highest BCUT2D eigenvalue weighted by Gasteiger charge is 2.16. The summed E-state index contributed by atoms with van der Waals surface area (Å²) in [6, 6.07) is 0.589. The van der Waals surface area contributed by atoms with E-state index < -0.39 is 0 Å². The van der Waals surface area contributed by atoms with Gasteiger partial charge in [0.15, 0.2) is 0 Å². The van der Waals surface area contributed by atoms with Crippen molar-refractivity contribution in [3.05, 3.63) is 16.1 Å². The highest BCUT2D eigenvalue weighted by atomic mass is 32.1. The minimum Gasteiger partial charge on any atom is -0.378 e. The highest BCUT2D eigenvalue weighted by molar-refractivity contribution is 7.09. The van der Waals surface area contributed by atoms with Crippen molar-refractivity contribution in [1.29, 1.82) is 0 Å². The van der Waals surface area contributed by atoms with E-state index in [2.05, 4.69) is 27.5 Å². The second kappa shape index (κ2) is 5.72. The number of nitrogens with one attached hydrogen (secondary N) is 1. The summed E-state index contributed by atoms with van der Waals surface area (Å²) in [5.41, 5.74) is 1.17. The summed E-state index contributed by atoms with van der Waals surface area (Å²) in [5, 5.41) is 6.65. The van der Waals surface area contributed by atoms with E-state index in [1.807, 2.05) is 0 Å². The van der Waals surface area contributed by atoms with Crippen molar-refractivity contribution in [2.75, 3.05) is 26.7 Å². The molecule has 1 fully saturated rings. The molecule has 0 aliphatic carbocycles. The third-order valence-corrected chi connectivity index (χ3v) is 3.58. The molecule has 16 heavy (non-hydrogen) atoms. The molecule has 0 bridgehead atoms. The molecule has 5 heteroatoms. The van der Waals surface area contributed by atoms with Gasteiger partial charge in [-0.15, -0.1) is 11.3 Å². The SMILES string of the molecule is COCc1nc(CN2CCNC(C)C2)cs1. The van der Waals surface area contributed by atoms with E-state index in [9.17, 15) is 0 Å². The second-order valence-corrected chi connectivity index (χ2v) is 5.20. The van der Waals surface area contributed by atoms with Gasteiger partial charge in [0.2, 0.25) is 0 Å². The van der Waals surface area contributed by atoms with E-state index in [1.54, 1.807) is 18.4 Å². The lowest BCUT2D eigenvalue weighted by molar-refractivity contribution is 0.182. The Morgan fingerprint density at radius 3 is 3.31 bits per heavy atom. The molecule has 1 atom stereocenters. The van der Waals surface area contributed by atoms with Crippen LogP contribution in [-0.4, -0.2) is 42.7 Å². The Morgan fingerprint density at radius 2 is 2.56 bits per heavy atom. The fourth-order valence-corrected chi connectivity index (χ4v) is 2.75. The molecule has 0 radical (unpaired) electrons. The minimum atomic E-state index is 0.589. The van der Waals surface area contributed by atoms with Gasteiger partial charge in [-0.25, -0.2) is 4.98 Å². The van der Waals surface area contributed by atoms with Crippen molar-refractivity contribution in [3.63, 3.8) is 0 Å². The Balaban J connectivity index is 1.87. The maximum Gasteiger partial charge on any atom is 0.119 e. The van der Waals surface area contributed by atoms with Gasteiger partial charge < -0.3 is 10.1 Å². The molecule has 2 rings (SSSR count). The first-order chi connectivity index (χ1) is 7.78. The van der Waals surface area contributed by atoms with E-state index in [4.69, 9.17) is 4.74 Å². The summed E-state index contributed by atoms with van der Waals surface area (Å²) in [4.78, 5) is 7.00. The fourth-order valence-electron chi connectivity index (χ4n) is 2.00. The number of hydrogen-bond donors (Lipinski definition) is 1. The molecule has 1 aliphatic heterocycles. The van der Waals surface area contributed by atoms with E-state index in [0.717, 1.165) is 31.2 Å². The number of nitrogens with zero attached hydrogens (tertiary/aromatic N) is 2. The summed E-state index contributed by atoms with van der Waals surface area (Å²) >= 11 is 1.69. The third kappa shape index (κ3) is 3.25. The topological polar surface area (TPSA) is 37.4 Å². The van der Waals surface area contributed by atoms with Crippen molar-refractivity contribution < 1.29 is 4.74 Å². The zero-order valence-electron chi connectivity index (χ0n) is 9.90. The molecular weight excluding hydrogens is 222 g/mol. The number of methoxy groups -OCH3 is 1. The van der Waals surface area contributed by atoms with Crippen LogP contribution >= 0.6 is 11.3 Å². The van der Waals surface area contributed by atoms with E-state index in [-0.39, 0.29) is 0 Å². The lowest BCUT2D eigenvalue weighted by Gasteiger charge is -2.31. The molecule has 1 saturated heterocycles. The summed E-state index contributed by atoms with van der Waals surface area (Å²) < 4.78 is 5.07. The predicted octanol–water partition coefficient (Wildman–Crippen LogP) is 1.08. The molecule has 1 unspecified atom stereocenters. The normalized spacial score (nSPS) is 22.5. The van der Waals surface area contributed by atoms with Gasteiger partial charge in [-0.05, 0) is 6.92 Å². The first-order valence-corrected chi connectivity index (χ1v) is 6.54. The van der Waals surface area contributed by atoms with Crippen molar-refractivity contribution in [1.82, 2.24) is 15.2 Å². The van der Waals surface area contributed by atoms with Gasteiger partial charge in [0.25, 0.3) is 0 Å². The largest absolute Gasteiger partial charge is 0.378 e. The molecule has 1 aromatic heterocycles. The maximum atomic E-state index is 5.07. The number of piperazine rings is 1. The van der Waals surface area contributed by atoms with Crippen LogP contribution in [0.1, 0.15) is 17.6 Å². The highest BCUT2D eigenvalue weighted by Crippen LogP contribution is 2.13. The molecular formula is C11H19N3OS. The van der Waals surface area contributed by atoms with Crippen LogP contribution in [0.3, 0.4) is 0 Å². The van der Waals surface area contributed by atoms with E-state index in [0.29, 0.717) is 12.6 Å². The van der Waals surface area contributed by atoms with Gasteiger partial charge in [0.05, 0.1) is 12.3 Å². The number of hydrogen-bond acceptors (Lipinski definition) is 5. The predicted molar refractivity (Wildman–Crippen MR) is 65.6 cm³/mol. The van der Waals surface area contributed by atoms with Crippen molar-refractivity contribution in [2.45, 2.75) is 26.1 Å². The van der Waals surface area contributed by atoms with Crippen LogP contribution in [0, 0.1) is 0 Å². The van der Waals surface area contributed by atoms with Gasteiger partial charge >= 0.3 is 0 Å². The quantitative estimate of drug-likeness (QED) is 0.856. The van der Waals surface area contributed by atoms with Crippen LogP contribution < -0.4 is 5.32 Å². The van der Waals surface area contributed by atoms with Crippen LogP contribution in [0.5, 0.6) is 0 Å².